The van der Waals surface area contributed by atoms with E-state index in [1.54, 1.807) is 55.3 Å². The Hall–Kier alpha value is -3.36. The standard InChI is InChI=1S/C25H23Cl2FN4O3/c1-13-24(33)30-9-10-32(13)25(34)16-5-3-15(4-6-16)17-11-20(23(29)31-12-17)35-14(2)21-18(26)7-8-19(28)22(21)27/h3-8,11-14H,9-10H2,1-2H3,(H2,29,31)(H,30,33). The molecule has 1 fully saturated rings. The van der Waals surface area contributed by atoms with Crippen LogP contribution in [-0.2, 0) is 4.79 Å². The van der Waals surface area contributed by atoms with Crippen molar-refractivity contribution in [2.24, 2.45) is 0 Å². The van der Waals surface area contributed by atoms with E-state index >= 15 is 0 Å². The zero-order chi connectivity index (χ0) is 25.3. The van der Waals surface area contributed by atoms with Gasteiger partial charge >= 0.3 is 0 Å². The Labute approximate surface area is 212 Å². The summed E-state index contributed by atoms with van der Waals surface area (Å²) in [7, 11) is 0. The fraction of sp³-hybridized carbons (Fsp3) is 0.240. The number of aromatic nitrogens is 1. The van der Waals surface area contributed by atoms with Crippen molar-refractivity contribution in [3.8, 4) is 16.9 Å². The Kier molecular flexibility index (Phi) is 7.14. The molecule has 1 saturated heterocycles. The lowest BCUT2D eigenvalue weighted by Crippen LogP contribution is -2.55. The summed E-state index contributed by atoms with van der Waals surface area (Å²) < 4.78 is 19.9. The van der Waals surface area contributed by atoms with E-state index in [1.165, 1.54) is 12.1 Å². The Morgan fingerprint density at radius 2 is 1.94 bits per heavy atom. The van der Waals surface area contributed by atoms with Crippen LogP contribution in [-0.4, -0.2) is 40.8 Å². The third kappa shape index (κ3) is 5.04. The SMILES string of the molecule is CC(Oc1cc(-c2ccc(C(=O)N3CCNC(=O)C3C)cc2)cnc1N)c1c(Cl)ccc(F)c1Cl. The summed E-state index contributed by atoms with van der Waals surface area (Å²) in [5, 5.41) is 2.90. The second-order valence-electron chi connectivity index (χ2n) is 8.17. The molecular weight excluding hydrogens is 494 g/mol. The number of nitrogens with two attached hydrogens (primary N) is 1. The zero-order valence-electron chi connectivity index (χ0n) is 19.0. The molecule has 0 saturated carbocycles. The lowest BCUT2D eigenvalue weighted by molar-refractivity contribution is -0.127. The molecular formula is C25H23Cl2FN4O3. The van der Waals surface area contributed by atoms with Crippen molar-refractivity contribution in [1.29, 1.82) is 0 Å². The average Bonchev–Trinajstić information content (AvgIpc) is 2.84. The summed E-state index contributed by atoms with van der Waals surface area (Å²) in [6.07, 6.45) is 0.886. The van der Waals surface area contributed by atoms with Gasteiger partial charge in [0.25, 0.3) is 5.91 Å². The molecule has 2 unspecified atom stereocenters. The number of hydrogen-bond acceptors (Lipinski definition) is 5. The average molecular weight is 517 g/mol. The molecule has 1 aliphatic heterocycles. The second kappa shape index (κ2) is 10.1. The summed E-state index contributed by atoms with van der Waals surface area (Å²) in [6, 6.07) is 10.7. The molecule has 1 aromatic heterocycles. The first-order valence-electron chi connectivity index (χ1n) is 10.9. The van der Waals surface area contributed by atoms with E-state index in [4.69, 9.17) is 33.7 Å². The summed E-state index contributed by atoms with van der Waals surface area (Å²) >= 11 is 12.3. The monoisotopic (exact) mass is 516 g/mol. The highest BCUT2D eigenvalue weighted by atomic mass is 35.5. The van der Waals surface area contributed by atoms with Crippen molar-refractivity contribution in [1.82, 2.24) is 15.2 Å². The molecule has 2 aromatic carbocycles. The van der Waals surface area contributed by atoms with Crippen molar-refractivity contribution >= 4 is 40.8 Å². The quantitative estimate of drug-likeness (QED) is 0.471. The lowest BCUT2D eigenvalue weighted by atomic mass is 10.0. The van der Waals surface area contributed by atoms with Crippen LogP contribution in [0.25, 0.3) is 11.1 Å². The lowest BCUT2D eigenvalue weighted by Gasteiger charge is -2.32. The van der Waals surface area contributed by atoms with Crippen LogP contribution in [0, 0.1) is 5.82 Å². The maximum absolute atomic E-state index is 13.9. The number of rotatable bonds is 5. The molecule has 3 N–H and O–H groups in total. The first-order valence-corrected chi connectivity index (χ1v) is 11.7. The molecule has 4 rings (SSSR count). The van der Waals surface area contributed by atoms with Crippen molar-refractivity contribution in [3.05, 3.63) is 75.7 Å². The van der Waals surface area contributed by atoms with Gasteiger partial charge in [0, 0.05) is 41.0 Å². The number of anilines is 1. The third-order valence-electron chi connectivity index (χ3n) is 5.90. The molecule has 35 heavy (non-hydrogen) atoms. The highest BCUT2D eigenvalue weighted by Crippen LogP contribution is 2.37. The van der Waals surface area contributed by atoms with E-state index in [0.717, 1.165) is 5.56 Å². The fourth-order valence-electron chi connectivity index (χ4n) is 3.90. The molecule has 0 bridgehead atoms. The van der Waals surface area contributed by atoms with Gasteiger partial charge in [-0.3, -0.25) is 9.59 Å². The first kappa shape index (κ1) is 24.8. The normalized spacial score (nSPS) is 16.5. The predicted octanol–water partition coefficient (Wildman–Crippen LogP) is 4.88. The van der Waals surface area contributed by atoms with Gasteiger partial charge in [-0.15, -0.1) is 0 Å². The van der Waals surface area contributed by atoms with E-state index in [1.807, 2.05) is 0 Å². The number of carbonyl (C=O) groups excluding carboxylic acids is 2. The summed E-state index contributed by atoms with van der Waals surface area (Å²) in [5.74, 6) is -0.559. The Bertz CT molecular complexity index is 1290. The number of nitrogens with zero attached hydrogens (tertiary/aromatic N) is 2. The number of amides is 2. The van der Waals surface area contributed by atoms with Gasteiger partial charge in [-0.25, -0.2) is 9.37 Å². The van der Waals surface area contributed by atoms with E-state index in [-0.39, 0.29) is 33.4 Å². The van der Waals surface area contributed by atoms with Crippen LogP contribution < -0.4 is 15.8 Å². The molecule has 2 amide bonds. The molecule has 0 spiro atoms. The van der Waals surface area contributed by atoms with Crippen LogP contribution in [0.1, 0.15) is 35.9 Å². The molecule has 0 aliphatic carbocycles. The minimum Gasteiger partial charge on any atom is -0.482 e. The van der Waals surface area contributed by atoms with Gasteiger partial charge in [0.15, 0.2) is 11.6 Å². The Morgan fingerprint density at radius 1 is 1.23 bits per heavy atom. The molecule has 2 atom stereocenters. The number of piperazine rings is 1. The number of carbonyl (C=O) groups is 2. The van der Waals surface area contributed by atoms with Crippen molar-refractivity contribution in [3.63, 3.8) is 0 Å². The minimum atomic E-state index is -0.700. The first-order chi connectivity index (χ1) is 16.7. The molecule has 1 aliphatic rings. The highest BCUT2D eigenvalue weighted by Gasteiger charge is 2.29. The third-order valence-corrected chi connectivity index (χ3v) is 6.61. The smallest absolute Gasteiger partial charge is 0.254 e. The van der Waals surface area contributed by atoms with Crippen LogP contribution in [0.15, 0.2) is 48.7 Å². The largest absolute Gasteiger partial charge is 0.482 e. The zero-order valence-corrected chi connectivity index (χ0v) is 20.5. The Morgan fingerprint density at radius 3 is 2.66 bits per heavy atom. The van der Waals surface area contributed by atoms with E-state index in [9.17, 15) is 14.0 Å². The highest BCUT2D eigenvalue weighted by molar-refractivity contribution is 6.36. The second-order valence-corrected chi connectivity index (χ2v) is 8.95. The number of ether oxygens (including phenoxy) is 1. The predicted molar refractivity (Wildman–Crippen MR) is 133 cm³/mol. The number of benzene rings is 2. The van der Waals surface area contributed by atoms with Gasteiger partial charge in [0.1, 0.15) is 18.0 Å². The van der Waals surface area contributed by atoms with Crippen molar-refractivity contribution in [2.45, 2.75) is 26.0 Å². The maximum atomic E-state index is 13.9. The topological polar surface area (TPSA) is 97.5 Å². The number of halogens is 3. The van der Waals surface area contributed by atoms with Gasteiger partial charge in [-0.1, -0.05) is 35.3 Å². The summed E-state index contributed by atoms with van der Waals surface area (Å²) in [5.41, 5.74) is 8.26. The van der Waals surface area contributed by atoms with Crippen LogP contribution in [0.4, 0.5) is 10.2 Å². The van der Waals surface area contributed by atoms with E-state index < -0.39 is 18.0 Å². The van der Waals surface area contributed by atoms with Gasteiger partial charge in [-0.05, 0) is 49.7 Å². The Balaban J connectivity index is 1.55. The molecule has 2 heterocycles. The van der Waals surface area contributed by atoms with Crippen LogP contribution in [0.5, 0.6) is 5.75 Å². The van der Waals surface area contributed by atoms with Crippen LogP contribution in [0.3, 0.4) is 0 Å². The molecule has 7 nitrogen and oxygen atoms in total. The maximum Gasteiger partial charge on any atom is 0.254 e. The van der Waals surface area contributed by atoms with Crippen molar-refractivity contribution < 1.29 is 18.7 Å². The van der Waals surface area contributed by atoms with Gasteiger partial charge in [0.2, 0.25) is 5.91 Å². The number of nitrogens with one attached hydrogen (secondary N) is 1. The van der Waals surface area contributed by atoms with Gasteiger partial charge in [0.05, 0.1) is 5.02 Å². The van der Waals surface area contributed by atoms with E-state index in [0.29, 0.717) is 29.8 Å². The fourth-order valence-corrected chi connectivity index (χ4v) is 4.58. The van der Waals surface area contributed by atoms with E-state index in [2.05, 4.69) is 10.3 Å². The molecule has 0 radical (unpaired) electrons. The van der Waals surface area contributed by atoms with Crippen LogP contribution in [0.2, 0.25) is 10.0 Å². The number of hydrogen-bond donors (Lipinski definition) is 2. The van der Waals surface area contributed by atoms with Crippen molar-refractivity contribution in [2.75, 3.05) is 18.8 Å². The van der Waals surface area contributed by atoms with Gasteiger partial charge < -0.3 is 20.7 Å². The summed E-state index contributed by atoms with van der Waals surface area (Å²) in [4.78, 5) is 30.5. The summed E-state index contributed by atoms with van der Waals surface area (Å²) in [6.45, 7) is 4.26. The minimum absolute atomic E-state index is 0.117. The van der Waals surface area contributed by atoms with Crippen LogP contribution >= 0.6 is 23.2 Å². The molecule has 182 valence electrons. The number of pyridine rings is 1. The molecule has 10 heteroatoms. The number of nitrogen functional groups attached to an aromatic ring is 1. The van der Waals surface area contributed by atoms with Gasteiger partial charge in [-0.2, -0.15) is 0 Å². The molecule has 3 aromatic rings.